The maximum absolute atomic E-state index is 12.7. The van der Waals surface area contributed by atoms with Gasteiger partial charge in [-0.2, -0.15) is 0 Å². The minimum atomic E-state index is -1.56. The topological polar surface area (TPSA) is 80.4 Å². The van der Waals surface area contributed by atoms with Gasteiger partial charge in [0.25, 0.3) is 5.78 Å². The van der Waals surface area contributed by atoms with E-state index in [-0.39, 0.29) is 10.0 Å². The number of halogens is 2. The van der Waals surface area contributed by atoms with Crippen LogP contribution >= 0.6 is 15.9 Å². The van der Waals surface area contributed by atoms with Gasteiger partial charge < -0.3 is 10.8 Å². The molecule has 0 bridgehead atoms. The van der Waals surface area contributed by atoms with Crippen LogP contribution in [0, 0.1) is 5.82 Å². The Hall–Kier alpha value is -2.21. The van der Waals surface area contributed by atoms with Crippen LogP contribution in [0.1, 0.15) is 10.4 Å². The smallest absolute Gasteiger partial charge is 0.377 e. The van der Waals surface area contributed by atoms with Crippen LogP contribution in [0.15, 0.2) is 53.0 Å². The molecule has 0 spiro atoms. The molecular formula is C14H11BrFNO3. The Morgan fingerprint density at radius 1 is 1.10 bits per heavy atom. The van der Waals surface area contributed by atoms with Gasteiger partial charge in [-0.3, -0.25) is 4.79 Å². The highest BCUT2D eigenvalue weighted by molar-refractivity contribution is 9.10. The lowest BCUT2D eigenvalue weighted by Crippen LogP contribution is -2.12. The zero-order chi connectivity index (χ0) is 15.1. The Labute approximate surface area is 123 Å². The summed E-state index contributed by atoms with van der Waals surface area (Å²) in [5.41, 5.74) is 6.12. The molecule has 0 aromatic heterocycles. The molecule has 0 fully saturated rings. The molecule has 104 valence electrons. The first-order valence-corrected chi connectivity index (χ1v) is 6.24. The number of ketones is 1. The van der Waals surface area contributed by atoms with E-state index in [2.05, 4.69) is 15.9 Å². The van der Waals surface area contributed by atoms with Crippen molar-refractivity contribution >= 4 is 33.4 Å². The zero-order valence-corrected chi connectivity index (χ0v) is 11.8. The van der Waals surface area contributed by atoms with Gasteiger partial charge in [-0.05, 0) is 46.3 Å². The second-order valence-corrected chi connectivity index (χ2v) is 4.53. The Balaban J connectivity index is 0.000000240. The van der Waals surface area contributed by atoms with Gasteiger partial charge in [-0.1, -0.05) is 18.2 Å². The largest absolute Gasteiger partial charge is 0.475 e. The van der Waals surface area contributed by atoms with Gasteiger partial charge in [0, 0.05) is 11.3 Å². The number of para-hydroxylation sites is 1. The van der Waals surface area contributed by atoms with Crippen molar-refractivity contribution in [3.8, 4) is 0 Å². The fourth-order valence-corrected chi connectivity index (χ4v) is 1.59. The molecule has 6 heteroatoms. The Kier molecular flexibility index (Phi) is 5.86. The van der Waals surface area contributed by atoms with Crippen molar-refractivity contribution in [1.82, 2.24) is 0 Å². The van der Waals surface area contributed by atoms with Gasteiger partial charge in [-0.15, -0.1) is 0 Å². The zero-order valence-electron chi connectivity index (χ0n) is 10.2. The lowest BCUT2D eigenvalue weighted by Gasteiger charge is -1.97. The second kappa shape index (κ2) is 7.40. The first kappa shape index (κ1) is 15.8. The minimum Gasteiger partial charge on any atom is -0.475 e. The van der Waals surface area contributed by atoms with Gasteiger partial charge in [0.1, 0.15) is 5.82 Å². The molecule has 2 aromatic rings. The number of carbonyl (C=O) groups excluding carboxylic acids is 1. The SMILES string of the molecule is Nc1ccccc1.O=C(O)C(=O)c1ccc(F)c(Br)c1. The van der Waals surface area contributed by atoms with Crippen LogP contribution in [-0.2, 0) is 4.79 Å². The summed E-state index contributed by atoms with van der Waals surface area (Å²) in [6.07, 6.45) is 0. The molecule has 0 aliphatic heterocycles. The Morgan fingerprint density at radius 2 is 1.70 bits per heavy atom. The quantitative estimate of drug-likeness (QED) is 0.500. The van der Waals surface area contributed by atoms with E-state index in [4.69, 9.17) is 10.8 Å². The normalized spacial score (nSPS) is 9.30. The highest BCUT2D eigenvalue weighted by atomic mass is 79.9. The fraction of sp³-hybridized carbons (Fsp3) is 0. The average molecular weight is 340 g/mol. The number of carboxylic acid groups (broad SMARTS) is 1. The van der Waals surface area contributed by atoms with E-state index < -0.39 is 17.6 Å². The number of carboxylic acids is 1. The van der Waals surface area contributed by atoms with Crippen LogP contribution in [0.4, 0.5) is 10.1 Å². The van der Waals surface area contributed by atoms with Crippen molar-refractivity contribution in [3.05, 3.63) is 64.4 Å². The predicted molar refractivity (Wildman–Crippen MR) is 76.9 cm³/mol. The molecule has 0 saturated carbocycles. The maximum atomic E-state index is 12.7. The van der Waals surface area contributed by atoms with Gasteiger partial charge in [0.2, 0.25) is 0 Å². The minimum absolute atomic E-state index is 0.0548. The van der Waals surface area contributed by atoms with Crippen LogP contribution in [0.3, 0.4) is 0 Å². The molecule has 0 amide bonds. The van der Waals surface area contributed by atoms with E-state index in [1.165, 1.54) is 0 Å². The molecule has 2 rings (SSSR count). The van der Waals surface area contributed by atoms with Gasteiger partial charge >= 0.3 is 5.97 Å². The summed E-state index contributed by atoms with van der Waals surface area (Å²) in [6.45, 7) is 0. The van der Waals surface area contributed by atoms with Crippen molar-refractivity contribution < 1.29 is 19.1 Å². The van der Waals surface area contributed by atoms with Crippen LogP contribution in [0.2, 0.25) is 0 Å². The summed E-state index contributed by atoms with van der Waals surface area (Å²) in [5.74, 6) is -3.15. The second-order valence-electron chi connectivity index (χ2n) is 3.67. The third-order valence-electron chi connectivity index (χ3n) is 2.18. The van der Waals surface area contributed by atoms with E-state index in [0.29, 0.717) is 0 Å². The molecule has 4 nitrogen and oxygen atoms in total. The number of benzene rings is 2. The van der Waals surface area contributed by atoms with Crippen molar-refractivity contribution in [2.75, 3.05) is 5.73 Å². The number of carbonyl (C=O) groups is 2. The van der Waals surface area contributed by atoms with Crippen LogP contribution in [0.5, 0.6) is 0 Å². The number of anilines is 1. The predicted octanol–water partition coefficient (Wildman–Crippen LogP) is 3.12. The molecule has 0 radical (unpaired) electrons. The summed E-state index contributed by atoms with van der Waals surface area (Å²) in [5, 5.41) is 8.34. The maximum Gasteiger partial charge on any atom is 0.377 e. The van der Waals surface area contributed by atoms with E-state index in [9.17, 15) is 14.0 Å². The van der Waals surface area contributed by atoms with E-state index in [1.54, 1.807) is 0 Å². The molecule has 20 heavy (non-hydrogen) atoms. The summed E-state index contributed by atoms with van der Waals surface area (Å²) < 4.78 is 12.7. The standard InChI is InChI=1S/C8H4BrFO3.C6H7N/c9-5-3-4(1-2-6(5)10)7(11)8(12)13;7-6-4-2-1-3-5-6/h1-3H,(H,12,13);1-5H,7H2. The monoisotopic (exact) mass is 339 g/mol. The number of rotatable bonds is 2. The fourth-order valence-electron chi connectivity index (χ4n) is 1.21. The molecule has 0 aliphatic carbocycles. The number of hydrogen-bond acceptors (Lipinski definition) is 3. The number of Topliss-reactive ketones (excluding diaryl/α,β-unsaturated/α-hetero) is 1. The number of nitrogens with two attached hydrogens (primary N) is 1. The van der Waals surface area contributed by atoms with Crippen LogP contribution in [0.25, 0.3) is 0 Å². The number of aliphatic carboxylic acids is 1. The van der Waals surface area contributed by atoms with Crippen molar-refractivity contribution in [3.63, 3.8) is 0 Å². The lowest BCUT2D eigenvalue weighted by molar-refractivity contribution is -0.131. The molecular weight excluding hydrogens is 329 g/mol. The van der Waals surface area contributed by atoms with E-state index >= 15 is 0 Å². The summed E-state index contributed by atoms with van der Waals surface area (Å²) in [7, 11) is 0. The lowest BCUT2D eigenvalue weighted by atomic mass is 10.1. The molecule has 0 atom stereocenters. The summed E-state index contributed by atoms with van der Waals surface area (Å²) in [4.78, 5) is 21.1. The number of hydrogen-bond donors (Lipinski definition) is 2. The van der Waals surface area contributed by atoms with Crippen LogP contribution in [-0.4, -0.2) is 16.9 Å². The molecule has 0 unspecified atom stereocenters. The third-order valence-corrected chi connectivity index (χ3v) is 2.78. The molecule has 3 N–H and O–H groups in total. The highest BCUT2D eigenvalue weighted by Crippen LogP contribution is 2.17. The third kappa shape index (κ3) is 4.81. The average Bonchev–Trinajstić information content (AvgIpc) is 2.42. The van der Waals surface area contributed by atoms with Crippen molar-refractivity contribution in [1.29, 1.82) is 0 Å². The summed E-state index contributed by atoms with van der Waals surface area (Å²) in [6, 6.07) is 12.8. The highest BCUT2D eigenvalue weighted by Gasteiger charge is 2.15. The first-order chi connectivity index (χ1) is 9.41. The molecule has 0 aliphatic rings. The molecule has 0 saturated heterocycles. The van der Waals surface area contributed by atoms with Gasteiger partial charge in [-0.25, -0.2) is 9.18 Å². The summed E-state index contributed by atoms with van der Waals surface area (Å²) >= 11 is 2.84. The van der Waals surface area contributed by atoms with E-state index in [1.807, 2.05) is 30.3 Å². The molecule has 0 heterocycles. The Bertz CT molecular complexity index is 617. The van der Waals surface area contributed by atoms with Crippen LogP contribution < -0.4 is 5.73 Å². The van der Waals surface area contributed by atoms with Gasteiger partial charge in [0.15, 0.2) is 0 Å². The van der Waals surface area contributed by atoms with Gasteiger partial charge in [0.05, 0.1) is 4.47 Å². The molecule has 2 aromatic carbocycles. The van der Waals surface area contributed by atoms with E-state index in [0.717, 1.165) is 23.9 Å². The van der Waals surface area contributed by atoms with Crippen molar-refractivity contribution in [2.45, 2.75) is 0 Å². The first-order valence-electron chi connectivity index (χ1n) is 5.45. The Morgan fingerprint density at radius 3 is 2.10 bits per heavy atom. The number of nitrogen functional groups attached to an aromatic ring is 1. The van der Waals surface area contributed by atoms with Crippen molar-refractivity contribution in [2.24, 2.45) is 0 Å².